The fourth-order valence-corrected chi connectivity index (χ4v) is 2.01. The highest BCUT2D eigenvalue weighted by molar-refractivity contribution is 6.02. The largest absolute Gasteiger partial charge is 0.478 e. The van der Waals surface area contributed by atoms with E-state index in [4.69, 9.17) is 0 Å². The molecule has 0 atom stereocenters. The Labute approximate surface area is 131 Å². The number of benzene rings is 1. The van der Waals surface area contributed by atoms with E-state index in [2.05, 4.69) is 5.10 Å². The minimum absolute atomic E-state index is 0.238. The number of hydrogen-bond donors (Lipinski definition) is 1. The molecule has 22 heavy (non-hydrogen) atoms. The summed E-state index contributed by atoms with van der Waals surface area (Å²) in [6.07, 6.45) is 1.74. The zero-order valence-electron chi connectivity index (χ0n) is 13.4. The van der Waals surface area contributed by atoms with Crippen LogP contribution in [-0.4, -0.2) is 20.7 Å². The Bertz CT molecular complexity index is 718. The summed E-state index contributed by atoms with van der Waals surface area (Å²) in [4.78, 5) is 11.4. The number of fused-ring (bicyclic) bond motifs is 1. The van der Waals surface area contributed by atoms with Crippen LogP contribution >= 0.6 is 0 Å². The van der Waals surface area contributed by atoms with Gasteiger partial charge in [0.2, 0.25) is 0 Å². The molecule has 0 radical (unpaired) electrons. The van der Waals surface area contributed by atoms with Crippen molar-refractivity contribution in [1.82, 2.24) is 9.61 Å². The number of nitrogens with zero attached hydrogens (tertiary/aromatic N) is 2. The molecule has 2 heterocycles. The fourth-order valence-electron chi connectivity index (χ4n) is 2.01. The molecule has 116 valence electrons. The van der Waals surface area contributed by atoms with Crippen LogP contribution in [0.1, 0.15) is 38.1 Å². The molecule has 0 spiro atoms. The second-order valence-corrected chi connectivity index (χ2v) is 3.93. The van der Waals surface area contributed by atoms with Gasteiger partial charge in [-0.3, -0.25) is 0 Å². The summed E-state index contributed by atoms with van der Waals surface area (Å²) in [5.41, 5.74) is 2.14. The number of pyridine rings is 1. The van der Waals surface area contributed by atoms with Gasteiger partial charge in [0.15, 0.2) is 0 Å². The highest BCUT2D eigenvalue weighted by atomic mass is 16.4. The van der Waals surface area contributed by atoms with E-state index in [0.29, 0.717) is 11.2 Å². The number of carboxylic acid groups (broad SMARTS) is 1. The van der Waals surface area contributed by atoms with Crippen molar-refractivity contribution in [3.05, 3.63) is 60.3 Å². The molecule has 0 unspecified atom stereocenters. The zero-order chi connectivity index (χ0) is 16.5. The number of aromatic nitrogens is 2. The Morgan fingerprint density at radius 1 is 0.955 bits per heavy atom. The molecule has 0 aliphatic heterocycles. The lowest BCUT2D eigenvalue weighted by Gasteiger charge is -1.97. The van der Waals surface area contributed by atoms with E-state index in [1.807, 2.05) is 64.1 Å². The van der Waals surface area contributed by atoms with E-state index in [1.165, 1.54) is 0 Å². The topological polar surface area (TPSA) is 54.6 Å². The third-order valence-electron chi connectivity index (χ3n) is 2.80. The van der Waals surface area contributed by atoms with Crippen molar-refractivity contribution in [2.24, 2.45) is 0 Å². The Hall–Kier alpha value is -2.62. The first-order valence-corrected chi connectivity index (χ1v) is 7.53. The van der Waals surface area contributed by atoms with Gasteiger partial charge in [-0.1, -0.05) is 64.1 Å². The normalized spacial score (nSPS) is 9.27. The van der Waals surface area contributed by atoms with Crippen LogP contribution in [0.5, 0.6) is 0 Å². The molecule has 4 nitrogen and oxygen atoms in total. The Morgan fingerprint density at radius 3 is 2.14 bits per heavy atom. The van der Waals surface area contributed by atoms with Gasteiger partial charge in [-0.25, -0.2) is 9.31 Å². The van der Waals surface area contributed by atoms with Crippen molar-refractivity contribution < 1.29 is 9.90 Å². The molecule has 0 amide bonds. The maximum Gasteiger partial charge on any atom is 0.340 e. The first-order chi connectivity index (χ1) is 10.8. The van der Waals surface area contributed by atoms with Crippen LogP contribution in [0.4, 0.5) is 0 Å². The zero-order valence-corrected chi connectivity index (χ0v) is 13.4. The lowest BCUT2D eigenvalue weighted by molar-refractivity contribution is 0.0700. The van der Waals surface area contributed by atoms with Crippen LogP contribution in [-0.2, 0) is 0 Å². The van der Waals surface area contributed by atoms with Crippen LogP contribution in [0.25, 0.3) is 16.8 Å². The SMILES string of the molecule is CC.CC.O=C(O)c1c(-c2ccccc2)nn2ccccc12. The monoisotopic (exact) mass is 298 g/mol. The smallest absolute Gasteiger partial charge is 0.340 e. The maximum atomic E-state index is 11.4. The summed E-state index contributed by atoms with van der Waals surface area (Å²) in [5, 5.41) is 13.7. The summed E-state index contributed by atoms with van der Waals surface area (Å²) in [7, 11) is 0. The average Bonchev–Trinajstić information content (AvgIpc) is 2.99. The molecule has 0 aliphatic carbocycles. The Kier molecular flexibility index (Phi) is 6.83. The molecule has 0 bridgehead atoms. The van der Waals surface area contributed by atoms with Crippen LogP contribution in [0.3, 0.4) is 0 Å². The minimum Gasteiger partial charge on any atom is -0.478 e. The number of rotatable bonds is 2. The van der Waals surface area contributed by atoms with Gasteiger partial charge in [0.1, 0.15) is 11.3 Å². The molecule has 0 fully saturated rings. The van der Waals surface area contributed by atoms with E-state index < -0.39 is 5.97 Å². The lowest BCUT2D eigenvalue weighted by atomic mass is 10.1. The summed E-state index contributed by atoms with van der Waals surface area (Å²) >= 11 is 0. The molecule has 0 aliphatic rings. The predicted molar refractivity (Wildman–Crippen MR) is 90.3 cm³/mol. The van der Waals surface area contributed by atoms with E-state index in [-0.39, 0.29) is 5.56 Å². The fraction of sp³-hybridized carbons (Fsp3) is 0.222. The standard InChI is InChI=1S/C14H10N2O2.2C2H6/c17-14(18)12-11-8-4-5-9-16(11)15-13(12)10-6-2-1-3-7-10;2*1-2/h1-9H,(H,17,18);2*1-2H3. The molecule has 1 N–H and O–H groups in total. The molecule has 2 aromatic heterocycles. The quantitative estimate of drug-likeness (QED) is 0.742. The molecule has 0 saturated carbocycles. The van der Waals surface area contributed by atoms with Gasteiger partial charge in [-0.2, -0.15) is 5.10 Å². The van der Waals surface area contributed by atoms with Crippen molar-refractivity contribution in [3.63, 3.8) is 0 Å². The van der Waals surface area contributed by atoms with Crippen LogP contribution in [0.2, 0.25) is 0 Å². The molecule has 4 heteroatoms. The van der Waals surface area contributed by atoms with E-state index in [0.717, 1.165) is 5.56 Å². The molecule has 3 aromatic rings. The van der Waals surface area contributed by atoms with Gasteiger partial charge in [0, 0.05) is 11.8 Å². The number of hydrogen-bond acceptors (Lipinski definition) is 2. The van der Waals surface area contributed by atoms with Gasteiger partial charge < -0.3 is 5.11 Å². The summed E-state index contributed by atoms with van der Waals surface area (Å²) < 4.78 is 1.59. The number of aromatic carboxylic acids is 1. The average molecular weight is 298 g/mol. The highest BCUT2D eigenvalue weighted by Crippen LogP contribution is 2.25. The highest BCUT2D eigenvalue weighted by Gasteiger charge is 2.19. The van der Waals surface area contributed by atoms with Crippen molar-refractivity contribution in [2.45, 2.75) is 27.7 Å². The van der Waals surface area contributed by atoms with Gasteiger partial charge >= 0.3 is 5.97 Å². The molecule has 0 saturated heterocycles. The third kappa shape index (κ3) is 3.52. The minimum atomic E-state index is -0.963. The first kappa shape index (κ1) is 17.4. The number of carboxylic acids is 1. The van der Waals surface area contributed by atoms with Crippen LogP contribution in [0.15, 0.2) is 54.7 Å². The van der Waals surface area contributed by atoms with Crippen molar-refractivity contribution in [3.8, 4) is 11.3 Å². The van der Waals surface area contributed by atoms with Gasteiger partial charge in [-0.15, -0.1) is 0 Å². The van der Waals surface area contributed by atoms with Crippen molar-refractivity contribution in [2.75, 3.05) is 0 Å². The first-order valence-electron chi connectivity index (χ1n) is 7.53. The van der Waals surface area contributed by atoms with Crippen molar-refractivity contribution >= 4 is 11.5 Å². The lowest BCUT2D eigenvalue weighted by Crippen LogP contribution is -1.97. The van der Waals surface area contributed by atoms with Crippen LogP contribution in [0, 0.1) is 0 Å². The third-order valence-corrected chi connectivity index (χ3v) is 2.80. The molecular formula is C18H22N2O2. The van der Waals surface area contributed by atoms with E-state index in [9.17, 15) is 9.90 Å². The molecular weight excluding hydrogens is 276 g/mol. The maximum absolute atomic E-state index is 11.4. The van der Waals surface area contributed by atoms with E-state index in [1.54, 1.807) is 22.8 Å². The Morgan fingerprint density at radius 2 is 1.55 bits per heavy atom. The van der Waals surface area contributed by atoms with Crippen LogP contribution < -0.4 is 0 Å². The molecule has 1 aromatic carbocycles. The second-order valence-electron chi connectivity index (χ2n) is 3.93. The number of carbonyl (C=O) groups is 1. The summed E-state index contributed by atoms with van der Waals surface area (Å²) in [5.74, 6) is -0.963. The Balaban J connectivity index is 0.000000561. The van der Waals surface area contributed by atoms with Gasteiger partial charge in [-0.05, 0) is 12.1 Å². The van der Waals surface area contributed by atoms with Gasteiger partial charge in [0.05, 0.1) is 5.52 Å². The summed E-state index contributed by atoms with van der Waals surface area (Å²) in [6.45, 7) is 8.00. The summed E-state index contributed by atoms with van der Waals surface area (Å²) in [6, 6.07) is 14.7. The van der Waals surface area contributed by atoms with Gasteiger partial charge in [0.25, 0.3) is 0 Å². The van der Waals surface area contributed by atoms with E-state index >= 15 is 0 Å². The van der Waals surface area contributed by atoms with Crippen molar-refractivity contribution in [1.29, 1.82) is 0 Å². The second kappa shape index (κ2) is 8.62. The predicted octanol–water partition coefficient (Wildman–Crippen LogP) is 4.75. The molecule has 3 rings (SSSR count).